The number of carbonyl (C=O) groups excluding carboxylic acids is 1. The fourth-order valence-corrected chi connectivity index (χ4v) is 3.95. The molecule has 32 heavy (non-hydrogen) atoms. The summed E-state index contributed by atoms with van der Waals surface area (Å²) in [6, 6.07) is 17.5. The Balaban J connectivity index is 1.40. The second kappa shape index (κ2) is 9.80. The van der Waals surface area contributed by atoms with Gasteiger partial charge in [-0.25, -0.2) is 9.37 Å². The number of halogens is 2. The highest BCUT2D eigenvalue weighted by atomic mass is 35.5. The highest BCUT2D eigenvalue weighted by Gasteiger charge is 2.10. The second-order valence-corrected chi connectivity index (χ2v) is 8.22. The molecular weight excluding hydrogens is 451 g/mol. The Labute approximate surface area is 193 Å². The number of ether oxygens (including phenoxy) is 2. The van der Waals surface area contributed by atoms with Crippen LogP contribution in [0, 0.1) is 5.82 Å². The van der Waals surface area contributed by atoms with Crippen molar-refractivity contribution in [3.8, 4) is 11.5 Å². The Bertz CT molecular complexity index is 1290. The normalized spacial score (nSPS) is 11.1. The molecule has 0 saturated carbocycles. The van der Waals surface area contributed by atoms with Crippen LogP contribution in [0.5, 0.6) is 11.5 Å². The number of nitrogens with zero attached hydrogens (tertiary/aromatic N) is 1. The maximum absolute atomic E-state index is 13.8. The zero-order valence-electron chi connectivity index (χ0n) is 17.0. The van der Waals surface area contributed by atoms with Crippen molar-refractivity contribution in [3.05, 3.63) is 88.7 Å². The summed E-state index contributed by atoms with van der Waals surface area (Å²) in [4.78, 5) is 16.4. The summed E-state index contributed by atoms with van der Waals surface area (Å²) in [5, 5.41) is 3.67. The Hall–Kier alpha value is -3.42. The Morgan fingerprint density at radius 1 is 1.16 bits per heavy atom. The average molecular weight is 469 g/mol. The molecule has 0 saturated heterocycles. The van der Waals surface area contributed by atoms with Gasteiger partial charge in [0, 0.05) is 11.1 Å². The molecule has 8 heteroatoms. The van der Waals surface area contributed by atoms with Crippen LogP contribution < -0.4 is 14.8 Å². The van der Waals surface area contributed by atoms with E-state index in [4.69, 9.17) is 21.1 Å². The molecule has 162 valence electrons. The molecule has 1 amide bonds. The number of carbonyl (C=O) groups is 1. The predicted molar refractivity (Wildman–Crippen MR) is 126 cm³/mol. The summed E-state index contributed by atoms with van der Waals surface area (Å²) >= 11 is 7.12. The fourth-order valence-electron chi connectivity index (χ4n) is 2.94. The van der Waals surface area contributed by atoms with E-state index in [1.165, 1.54) is 23.5 Å². The van der Waals surface area contributed by atoms with E-state index in [1.54, 1.807) is 49.6 Å². The highest BCUT2D eigenvalue weighted by molar-refractivity contribution is 7.22. The quantitative estimate of drug-likeness (QED) is 0.322. The van der Waals surface area contributed by atoms with Crippen molar-refractivity contribution < 1.29 is 18.7 Å². The van der Waals surface area contributed by atoms with Crippen molar-refractivity contribution in [1.29, 1.82) is 0 Å². The number of aromatic nitrogens is 1. The highest BCUT2D eigenvalue weighted by Crippen LogP contribution is 2.30. The van der Waals surface area contributed by atoms with Gasteiger partial charge in [0.25, 0.3) is 0 Å². The van der Waals surface area contributed by atoms with Gasteiger partial charge in [-0.15, -0.1) is 0 Å². The zero-order chi connectivity index (χ0) is 22.5. The largest absolute Gasteiger partial charge is 0.493 e. The number of nitrogens with one attached hydrogen (secondary N) is 1. The van der Waals surface area contributed by atoms with Crippen LogP contribution in [0.1, 0.15) is 11.1 Å². The van der Waals surface area contributed by atoms with Gasteiger partial charge >= 0.3 is 0 Å². The number of hydrogen-bond acceptors (Lipinski definition) is 5. The van der Waals surface area contributed by atoms with Crippen LogP contribution in [0.2, 0.25) is 5.02 Å². The smallest absolute Gasteiger partial charge is 0.250 e. The van der Waals surface area contributed by atoms with Crippen LogP contribution in [0.25, 0.3) is 16.3 Å². The van der Waals surface area contributed by atoms with Crippen molar-refractivity contribution in [2.24, 2.45) is 0 Å². The van der Waals surface area contributed by atoms with Crippen LogP contribution in [-0.2, 0) is 11.4 Å². The minimum absolute atomic E-state index is 0.246. The van der Waals surface area contributed by atoms with E-state index in [-0.39, 0.29) is 11.4 Å². The molecule has 1 aromatic heterocycles. The van der Waals surface area contributed by atoms with Crippen molar-refractivity contribution in [1.82, 2.24) is 4.98 Å². The Kier molecular flexibility index (Phi) is 6.68. The molecule has 4 rings (SSSR count). The van der Waals surface area contributed by atoms with Crippen LogP contribution in [0.4, 0.5) is 9.52 Å². The topological polar surface area (TPSA) is 60.5 Å². The third kappa shape index (κ3) is 5.25. The molecule has 0 unspecified atom stereocenters. The van der Waals surface area contributed by atoms with Gasteiger partial charge in [-0.1, -0.05) is 47.2 Å². The summed E-state index contributed by atoms with van der Waals surface area (Å²) in [5.41, 5.74) is 1.98. The molecule has 4 aromatic rings. The number of amides is 1. The monoisotopic (exact) mass is 468 g/mol. The summed E-state index contributed by atoms with van der Waals surface area (Å²) < 4.78 is 25.7. The van der Waals surface area contributed by atoms with Crippen molar-refractivity contribution in [3.63, 3.8) is 0 Å². The number of thiazole rings is 1. The summed E-state index contributed by atoms with van der Waals surface area (Å²) in [7, 11) is 1.55. The first kappa shape index (κ1) is 21.8. The van der Waals surface area contributed by atoms with Gasteiger partial charge in [0.05, 0.1) is 11.8 Å². The number of fused-ring (bicyclic) bond motifs is 1. The lowest BCUT2D eigenvalue weighted by atomic mass is 10.2. The zero-order valence-corrected chi connectivity index (χ0v) is 18.5. The second-order valence-electron chi connectivity index (χ2n) is 6.75. The average Bonchev–Trinajstić information content (AvgIpc) is 3.21. The minimum atomic E-state index is -0.416. The van der Waals surface area contributed by atoms with Crippen LogP contribution in [0.3, 0.4) is 0 Å². The van der Waals surface area contributed by atoms with Gasteiger partial charge < -0.3 is 9.47 Å². The molecule has 1 N–H and O–H groups in total. The minimum Gasteiger partial charge on any atom is -0.493 e. The van der Waals surface area contributed by atoms with E-state index in [1.807, 2.05) is 18.2 Å². The van der Waals surface area contributed by atoms with Gasteiger partial charge in [0.2, 0.25) is 5.91 Å². The van der Waals surface area contributed by atoms with E-state index in [0.717, 1.165) is 11.1 Å². The summed E-state index contributed by atoms with van der Waals surface area (Å²) in [5.74, 6) is 0.343. The van der Waals surface area contributed by atoms with Crippen LogP contribution in [-0.4, -0.2) is 18.0 Å². The lowest BCUT2D eigenvalue weighted by Crippen LogP contribution is -2.07. The molecule has 0 spiro atoms. The molecular formula is C24H18ClFN2O3S. The third-order valence-corrected chi connectivity index (χ3v) is 5.71. The number of methoxy groups -OCH3 is 1. The first-order valence-corrected chi connectivity index (χ1v) is 10.8. The van der Waals surface area contributed by atoms with E-state index >= 15 is 0 Å². The molecule has 0 aliphatic rings. The standard InChI is InChI=1S/C24H18ClFN2O3S/c1-30-20-13-15(7-11-19(20)31-14-16-5-9-17(25)10-6-16)8-12-22(29)27-24-28-23-18(26)3-2-4-21(23)32-24/h2-13H,14H2,1H3,(H,27,28,29)/b12-8+. The van der Waals surface area contributed by atoms with Gasteiger partial charge in [0.1, 0.15) is 17.9 Å². The van der Waals surface area contributed by atoms with E-state index in [2.05, 4.69) is 10.3 Å². The van der Waals surface area contributed by atoms with Gasteiger partial charge in [0.15, 0.2) is 16.6 Å². The first-order valence-electron chi connectivity index (χ1n) is 9.61. The van der Waals surface area contributed by atoms with Gasteiger partial charge in [-0.2, -0.15) is 0 Å². The first-order chi connectivity index (χ1) is 15.5. The number of hydrogen-bond donors (Lipinski definition) is 1. The molecule has 1 heterocycles. The number of para-hydroxylation sites is 1. The van der Waals surface area contributed by atoms with Gasteiger partial charge in [-0.05, 0) is 53.6 Å². The maximum Gasteiger partial charge on any atom is 0.250 e. The molecule has 0 aliphatic carbocycles. The van der Waals surface area contributed by atoms with E-state index in [0.29, 0.717) is 33.0 Å². The number of anilines is 1. The summed E-state index contributed by atoms with van der Waals surface area (Å²) in [6.45, 7) is 0.369. The fraction of sp³-hybridized carbons (Fsp3) is 0.0833. The predicted octanol–water partition coefficient (Wildman–Crippen LogP) is 6.33. The van der Waals surface area contributed by atoms with Crippen molar-refractivity contribution in [2.75, 3.05) is 12.4 Å². The molecule has 0 radical (unpaired) electrons. The van der Waals surface area contributed by atoms with Crippen molar-refractivity contribution >= 4 is 50.3 Å². The molecule has 0 atom stereocenters. The molecule has 5 nitrogen and oxygen atoms in total. The van der Waals surface area contributed by atoms with Gasteiger partial charge in [-0.3, -0.25) is 10.1 Å². The van der Waals surface area contributed by atoms with Crippen molar-refractivity contribution in [2.45, 2.75) is 6.61 Å². The Morgan fingerprint density at radius 3 is 2.72 bits per heavy atom. The molecule has 0 aliphatic heterocycles. The maximum atomic E-state index is 13.8. The lowest BCUT2D eigenvalue weighted by molar-refractivity contribution is -0.111. The molecule has 0 fully saturated rings. The lowest BCUT2D eigenvalue weighted by Gasteiger charge is -2.11. The van der Waals surface area contributed by atoms with Crippen LogP contribution >= 0.6 is 22.9 Å². The Morgan fingerprint density at radius 2 is 1.97 bits per heavy atom. The van der Waals surface area contributed by atoms with E-state index < -0.39 is 5.82 Å². The summed E-state index contributed by atoms with van der Waals surface area (Å²) in [6.07, 6.45) is 3.03. The molecule has 0 bridgehead atoms. The third-order valence-electron chi connectivity index (χ3n) is 4.52. The van der Waals surface area contributed by atoms with E-state index in [9.17, 15) is 9.18 Å². The molecule has 3 aromatic carbocycles. The van der Waals surface area contributed by atoms with Crippen LogP contribution in [0.15, 0.2) is 66.7 Å². The number of rotatable bonds is 7. The number of benzene rings is 3. The SMILES string of the molecule is COc1cc(/C=C/C(=O)Nc2nc3c(F)cccc3s2)ccc1OCc1ccc(Cl)cc1.